The molecule has 8 nitrogen and oxygen atoms in total. The van der Waals surface area contributed by atoms with Crippen LogP contribution in [0.4, 0.5) is 5.82 Å². The molecule has 0 aliphatic heterocycles. The lowest BCUT2D eigenvalue weighted by Gasteiger charge is -2.08. The van der Waals surface area contributed by atoms with E-state index in [2.05, 4.69) is 15.6 Å². The van der Waals surface area contributed by atoms with Gasteiger partial charge in [0.2, 0.25) is 0 Å². The fourth-order valence-electron chi connectivity index (χ4n) is 2.61. The summed E-state index contributed by atoms with van der Waals surface area (Å²) in [5.74, 6) is 0.472. The van der Waals surface area contributed by atoms with E-state index in [0.29, 0.717) is 17.2 Å². The highest BCUT2D eigenvalue weighted by atomic mass is 16.5. The van der Waals surface area contributed by atoms with E-state index in [1.807, 2.05) is 19.9 Å². The van der Waals surface area contributed by atoms with Gasteiger partial charge < -0.3 is 14.5 Å². The van der Waals surface area contributed by atoms with E-state index in [4.69, 9.17) is 9.15 Å². The van der Waals surface area contributed by atoms with E-state index in [0.717, 1.165) is 30.3 Å². The lowest BCUT2D eigenvalue weighted by Crippen LogP contribution is -2.20. The van der Waals surface area contributed by atoms with Gasteiger partial charge in [-0.1, -0.05) is 19.1 Å². The highest BCUT2D eigenvalue weighted by Gasteiger charge is 2.09. The predicted molar refractivity (Wildman–Crippen MR) is 96.3 cm³/mol. The van der Waals surface area contributed by atoms with E-state index in [1.54, 1.807) is 23.0 Å². The van der Waals surface area contributed by atoms with Crippen molar-refractivity contribution in [1.29, 1.82) is 0 Å². The third-order valence-corrected chi connectivity index (χ3v) is 3.81. The summed E-state index contributed by atoms with van der Waals surface area (Å²) in [6.45, 7) is 4.55. The second kappa shape index (κ2) is 7.81. The summed E-state index contributed by atoms with van der Waals surface area (Å²) in [6, 6.07) is 6.66. The number of carbonyl (C=O) groups is 1. The zero-order valence-electron chi connectivity index (χ0n) is 14.7. The van der Waals surface area contributed by atoms with Crippen molar-refractivity contribution >= 4 is 22.7 Å². The number of anilines is 1. The van der Waals surface area contributed by atoms with Crippen molar-refractivity contribution in [2.75, 3.05) is 11.9 Å². The molecule has 0 aliphatic carbocycles. The molecule has 136 valence electrons. The third-order valence-electron chi connectivity index (χ3n) is 3.81. The maximum absolute atomic E-state index is 12.0. The van der Waals surface area contributed by atoms with Crippen LogP contribution < -0.4 is 15.7 Å². The van der Waals surface area contributed by atoms with E-state index in [9.17, 15) is 9.59 Å². The predicted octanol–water partition coefficient (Wildman–Crippen LogP) is 2.37. The average molecular weight is 356 g/mol. The lowest BCUT2D eigenvalue weighted by atomic mass is 10.1. The van der Waals surface area contributed by atoms with Crippen LogP contribution in [0.3, 0.4) is 0 Å². The molecule has 0 saturated heterocycles. The minimum absolute atomic E-state index is 0.191. The van der Waals surface area contributed by atoms with Gasteiger partial charge >= 0.3 is 5.63 Å². The summed E-state index contributed by atoms with van der Waals surface area (Å²) in [5.41, 5.74) is 0.949. The number of ether oxygens (including phenoxy) is 1. The molecule has 1 aromatic carbocycles. The first-order valence-corrected chi connectivity index (χ1v) is 8.48. The monoisotopic (exact) mass is 356 g/mol. The molecule has 0 aliphatic rings. The maximum atomic E-state index is 12.0. The molecule has 3 aromatic rings. The van der Waals surface area contributed by atoms with Crippen molar-refractivity contribution in [3.8, 4) is 5.75 Å². The number of hydrogen-bond donors (Lipinski definition) is 1. The first-order chi connectivity index (χ1) is 12.6. The average Bonchev–Trinajstić information content (AvgIpc) is 3.06. The Morgan fingerprint density at radius 3 is 2.92 bits per heavy atom. The van der Waals surface area contributed by atoms with Crippen LogP contribution >= 0.6 is 0 Å². The van der Waals surface area contributed by atoms with Gasteiger partial charge in [-0.2, -0.15) is 0 Å². The molecule has 2 heterocycles. The molecule has 3 rings (SSSR count). The lowest BCUT2D eigenvalue weighted by molar-refractivity contribution is -0.118. The molecule has 0 saturated carbocycles. The number of aryl methyl sites for hydroxylation is 2. The molecular formula is C18H20N4O4. The molecule has 0 fully saturated rings. The summed E-state index contributed by atoms with van der Waals surface area (Å²) in [5, 5.41) is 11.3. The Labute approximate surface area is 149 Å². The van der Waals surface area contributed by atoms with Gasteiger partial charge in [-0.05, 0) is 30.5 Å². The number of amides is 1. The number of nitrogens with one attached hydrogen (secondary N) is 1. The van der Waals surface area contributed by atoms with Crippen molar-refractivity contribution in [3.05, 3.63) is 46.4 Å². The molecule has 0 spiro atoms. The Balaban J connectivity index is 1.65. The van der Waals surface area contributed by atoms with E-state index < -0.39 is 5.63 Å². The summed E-state index contributed by atoms with van der Waals surface area (Å²) in [7, 11) is 0. The third kappa shape index (κ3) is 4.08. The fourth-order valence-corrected chi connectivity index (χ4v) is 2.61. The molecule has 0 unspecified atom stereocenters. The van der Waals surface area contributed by atoms with Crippen LogP contribution in [-0.2, 0) is 17.8 Å². The minimum Gasteiger partial charge on any atom is -0.484 e. The van der Waals surface area contributed by atoms with Crippen LogP contribution in [-0.4, -0.2) is 27.5 Å². The highest BCUT2D eigenvalue weighted by Crippen LogP contribution is 2.23. The fraction of sp³-hybridized carbons (Fsp3) is 0.333. The van der Waals surface area contributed by atoms with Gasteiger partial charge in [-0.15, -0.1) is 5.10 Å². The summed E-state index contributed by atoms with van der Waals surface area (Å²) in [6.07, 6.45) is 3.32. The molecule has 0 bridgehead atoms. The van der Waals surface area contributed by atoms with Crippen molar-refractivity contribution in [3.63, 3.8) is 0 Å². The van der Waals surface area contributed by atoms with Crippen molar-refractivity contribution in [2.45, 2.75) is 33.2 Å². The van der Waals surface area contributed by atoms with Crippen LogP contribution in [0.15, 0.2) is 39.7 Å². The first-order valence-electron chi connectivity index (χ1n) is 8.48. The molecule has 1 amide bonds. The largest absolute Gasteiger partial charge is 0.484 e. The van der Waals surface area contributed by atoms with Gasteiger partial charge in [-0.25, -0.2) is 4.79 Å². The van der Waals surface area contributed by atoms with E-state index in [1.165, 1.54) is 6.07 Å². The number of carbonyl (C=O) groups excluding carboxylic acids is 1. The number of hydrogen-bond acceptors (Lipinski definition) is 6. The van der Waals surface area contributed by atoms with Crippen LogP contribution in [0.25, 0.3) is 11.0 Å². The second-order valence-corrected chi connectivity index (χ2v) is 5.81. The van der Waals surface area contributed by atoms with Gasteiger partial charge in [0.25, 0.3) is 5.91 Å². The standard InChI is InChI=1S/C18H20N4O4/c1-3-7-22-10-16(20-21-22)19-17(23)11-25-13-5-6-14-12(4-2)8-18(24)26-15(14)9-13/h5-6,8-10H,3-4,7,11H2,1-2H3,(H,19,23). The van der Waals surface area contributed by atoms with Gasteiger partial charge in [-0.3, -0.25) is 9.48 Å². The van der Waals surface area contributed by atoms with Crippen LogP contribution in [0.2, 0.25) is 0 Å². The van der Waals surface area contributed by atoms with Crippen molar-refractivity contribution < 1.29 is 13.9 Å². The van der Waals surface area contributed by atoms with Crippen LogP contribution in [0.1, 0.15) is 25.8 Å². The summed E-state index contributed by atoms with van der Waals surface area (Å²) >= 11 is 0. The van der Waals surface area contributed by atoms with E-state index in [-0.39, 0.29) is 12.5 Å². The van der Waals surface area contributed by atoms with Gasteiger partial charge in [0.15, 0.2) is 12.4 Å². The quantitative estimate of drug-likeness (QED) is 0.653. The smallest absolute Gasteiger partial charge is 0.336 e. The Kier molecular flexibility index (Phi) is 5.31. The number of fused-ring (bicyclic) bond motifs is 1. The summed E-state index contributed by atoms with van der Waals surface area (Å²) in [4.78, 5) is 23.6. The molecular weight excluding hydrogens is 336 g/mol. The number of nitrogens with zero attached hydrogens (tertiary/aromatic N) is 3. The van der Waals surface area contributed by atoms with Crippen molar-refractivity contribution in [2.24, 2.45) is 0 Å². The second-order valence-electron chi connectivity index (χ2n) is 5.81. The maximum Gasteiger partial charge on any atom is 0.336 e. The van der Waals surface area contributed by atoms with Gasteiger partial charge in [0.1, 0.15) is 11.3 Å². The van der Waals surface area contributed by atoms with Gasteiger partial charge in [0.05, 0.1) is 6.20 Å². The Bertz CT molecular complexity index is 977. The minimum atomic E-state index is -0.403. The zero-order chi connectivity index (χ0) is 18.5. The van der Waals surface area contributed by atoms with Crippen LogP contribution in [0.5, 0.6) is 5.75 Å². The molecule has 8 heteroatoms. The SMILES string of the molecule is CCCn1cc(NC(=O)COc2ccc3c(CC)cc(=O)oc3c2)nn1. The highest BCUT2D eigenvalue weighted by molar-refractivity contribution is 5.90. The first kappa shape index (κ1) is 17.7. The molecule has 0 atom stereocenters. The Morgan fingerprint density at radius 2 is 2.15 bits per heavy atom. The molecule has 2 aromatic heterocycles. The Hall–Kier alpha value is -3.16. The number of aromatic nitrogens is 3. The van der Waals surface area contributed by atoms with Gasteiger partial charge in [0, 0.05) is 24.1 Å². The Morgan fingerprint density at radius 1 is 1.31 bits per heavy atom. The molecule has 26 heavy (non-hydrogen) atoms. The molecule has 1 N–H and O–H groups in total. The topological polar surface area (TPSA) is 99.2 Å². The molecule has 0 radical (unpaired) electrons. The normalized spacial score (nSPS) is 10.8. The number of rotatable bonds is 7. The van der Waals surface area contributed by atoms with Crippen LogP contribution in [0, 0.1) is 0 Å². The summed E-state index contributed by atoms with van der Waals surface area (Å²) < 4.78 is 12.4. The zero-order valence-corrected chi connectivity index (χ0v) is 14.7. The van der Waals surface area contributed by atoms with Crippen molar-refractivity contribution in [1.82, 2.24) is 15.0 Å². The van der Waals surface area contributed by atoms with E-state index >= 15 is 0 Å². The number of benzene rings is 1.